The molecule has 3 heterocycles. The molecule has 5 nitrogen and oxygen atoms in total. The van der Waals surface area contributed by atoms with Gasteiger partial charge in [0.15, 0.2) is 0 Å². The Hall–Kier alpha value is -2.34. The number of hydrogen-bond donors (Lipinski definition) is 0. The summed E-state index contributed by atoms with van der Waals surface area (Å²) in [5.41, 5.74) is 3.00. The van der Waals surface area contributed by atoms with Gasteiger partial charge in [0.25, 0.3) is 0 Å². The summed E-state index contributed by atoms with van der Waals surface area (Å²) >= 11 is 1.65. The van der Waals surface area contributed by atoms with Crippen molar-refractivity contribution in [3.05, 3.63) is 35.0 Å². The zero-order valence-electron chi connectivity index (χ0n) is 15.1. The van der Waals surface area contributed by atoms with Crippen LogP contribution in [0.3, 0.4) is 0 Å². The molecule has 0 spiro atoms. The molecule has 2 aromatic heterocycles. The smallest absolute Gasteiger partial charge is 0.224 e. The Labute approximate surface area is 157 Å². The highest BCUT2D eigenvalue weighted by atomic mass is 32.1. The monoisotopic (exact) mass is 369 g/mol. The van der Waals surface area contributed by atoms with Crippen LogP contribution in [0.15, 0.2) is 35.0 Å². The van der Waals surface area contributed by atoms with E-state index in [9.17, 15) is 4.79 Å². The molecule has 0 saturated carbocycles. The Morgan fingerprint density at radius 1 is 1.35 bits per heavy atom. The number of benzene rings is 1. The molecule has 1 atom stereocenters. The van der Waals surface area contributed by atoms with Crippen LogP contribution in [0.25, 0.3) is 22.4 Å². The second-order valence-corrected chi connectivity index (χ2v) is 7.63. The largest absolute Gasteiger partial charge is 0.497 e. The van der Waals surface area contributed by atoms with Gasteiger partial charge in [-0.1, -0.05) is 13.3 Å². The lowest BCUT2D eigenvalue weighted by atomic mass is 10.0. The van der Waals surface area contributed by atoms with Crippen molar-refractivity contribution >= 4 is 28.3 Å². The number of thiophene rings is 1. The number of rotatable bonds is 6. The quantitative estimate of drug-likeness (QED) is 0.648. The van der Waals surface area contributed by atoms with Crippen molar-refractivity contribution in [3.8, 4) is 17.1 Å². The SMILES string of the molecule is CCCC1CC(=O)N(Cn2c(-c3ccsc3)nc3ccc(OC)cc32)C1. The van der Waals surface area contributed by atoms with Crippen LogP contribution >= 0.6 is 11.3 Å². The number of imidazole rings is 1. The molecule has 1 saturated heterocycles. The standard InChI is InChI=1S/C20H23N3O2S/c1-3-4-14-9-19(24)22(11-14)13-23-18-10-16(25-2)5-6-17(18)21-20(23)15-7-8-26-12-15/h5-8,10,12,14H,3-4,9,11,13H2,1-2H3. The minimum atomic E-state index is 0.240. The Balaban J connectivity index is 1.74. The van der Waals surface area contributed by atoms with Crippen LogP contribution in [0.2, 0.25) is 0 Å². The summed E-state index contributed by atoms with van der Waals surface area (Å²) in [7, 11) is 1.67. The first-order valence-corrected chi connectivity index (χ1v) is 9.98. The Kier molecular flexibility index (Phi) is 4.68. The minimum Gasteiger partial charge on any atom is -0.497 e. The van der Waals surface area contributed by atoms with E-state index in [-0.39, 0.29) is 5.91 Å². The Bertz CT molecular complexity index is 917. The van der Waals surface area contributed by atoms with E-state index in [1.165, 1.54) is 0 Å². The third-order valence-electron chi connectivity index (χ3n) is 5.04. The number of nitrogens with zero attached hydrogens (tertiary/aromatic N) is 3. The van der Waals surface area contributed by atoms with Crippen molar-refractivity contribution in [1.82, 2.24) is 14.5 Å². The molecule has 136 valence electrons. The van der Waals surface area contributed by atoms with E-state index in [0.717, 1.165) is 47.6 Å². The van der Waals surface area contributed by atoms with Crippen LogP contribution in [-0.2, 0) is 11.5 Å². The van der Waals surface area contributed by atoms with Gasteiger partial charge in [-0.05, 0) is 35.9 Å². The summed E-state index contributed by atoms with van der Waals surface area (Å²) in [4.78, 5) is 19.3. The molecule has 4 rings (SSSR count). The number of aromatic nitrogens is 2. The third-order valence-corrected chi connectivity index (χ3v) is 5.72. The van der Waals surface area contributed by atoms with E-state index in [0.29, 0.717) is 19.0 Å². The van der Waals surface area contributed by atoms with E-state index in [2.05, 4.69) is 28.3 Å². The summed E-state index contributed by atoms with van der Waals surface area (Å²) < 4.78 is 7.54. The van der Waals surface area contributed by atoms with Crippen LogP contribution in [0.4, 0.5) is 0 Å². The number of carbonyl (C=O) groups is 1. The molecule has 0 bridgehead atoms. The van der Waals surface area contributed by atoms with Crippen LogP contribution in [0, 0.1) is 5.92 Å². The maximum Gasteiger partial charge on any atom is 0.224 e. The van der Waals surface area contributed by atoms with Crippen LogP contribution in [0.5, 0.6) is 5.75 Å². The number of amides is 1. The predicted octanol–water partition coefficient (Wildman–Crippen LogP) is 4.38. The fraction of sp³-hybridized carbons (Fsp3) is 0.400. The topological polar surface area (TPSA) is 47.4 Å². The number of hydrogen-bond acceptors (Lipinski definition) is 4. The molecule has 0 aliphatic carbocycles. The van der Waals surface area contributed by atoms with Gasteiger partial charge in [0.05, 0.1) is 24.8 Å². The van der Waals surface area contributed by atoms with E-state index in [4.69, 9.17) is 9.72 Å². The molecule has 1 unspecified atom stereocenters. The highest BCUT2D eigenvalue weighted by molar-refractivity contribution is 7.08. The number of ether oxygens (including phenoxy) is 1. The van der Waals surface area contributed by atoms with Gasteiger partial charge in [-0.2, -0.15) is 11.3 Å². The highest BCUT2D eigenvalue weighted by Crippen LogP contribution is 2.31. The molecule has 1 aliphatic heterocycles. The summed E-state index contributed by atoms with van der Waals surface area (Å²) in [5.74, 6) is 2.42. The normalized spacial score (nSPS) is 17.4. The number of carbonyl (C=O) groups excluding carboxylic acids is 1. The van der Waals surface area contributed by atoms with Gasteiger partial charge < -0.3 is 14.2 Å². The fourth-order valence-electron chi connectivity index (χ4n) is 3.75. The van der Waals surface area contributed by atoms with Crippen molar-refractivity contribution < 1.29 is 9.53 Å². The number of methoxy groups -OCH3 is 1. The van der Waals surface area contributed by atoms with Gasteiger partial charge in [0, 0.05) is 30.0 Å². The van der Waals surface area contributed by atoms with Crippen LogP contribution in [-0.4, -0.2) is 34.0 Å². The average Bonchev–Trinajstić information content (AvgIpc) is 3.35. The molecular weight excluding hydrogens is 346 g/mol. The lowest BCUT2D eigenvalue weighted by Crippen LogP contribution is -2.28. The summed E-state index contributed by atoms with van der Waals surface area (Å²) in [5, 5.41) is 4.15. The zero-order chi connectivity index (χ0) is 18.1. The lowest BCUT2D eigenvalue weighted by Gasteiger charge is -2.19. The zero-order valence-corrected chi connectivity index (χ0v) is 16.0. The van der Waals surface area contributed by atoms with Gasteiger partial charge in [-0.15, -0.1) is 0 Å². The molecule has 1 aromatic carbocycles. The molecule has 0 radical (unpaired) electrons. The van der Waals surface area contributed by atoms with Crippen LogP contribution < -0.4 is 4.74 Å². The van der Waals surface area contributed by atoms with Gasteiger partial charge in [-0.3, -0.25) is 4.79 Å². The van der Waals surface area contributed by atoms with E-state index in [1.54, 1.807) is 18.4 Å². The molecule has 1 aliphatic rings. The predicted molar refractivity (Wildman–Crippen MR) is 104 cm³/mol. The second-order valence-electron chi connectivity index (χ2n) is 6.85. The van der Waals surface area contributed by atoms with Crippen molar-refractivity contribution in [3.63, 3.8) is 0 Å². The summed E-state index contributed by atoms with van der Waals surface area (Å²) in [6, 6.07) is 7.98. The molecule has 0 N–H and O–H groups in total. The van der Waals surface area contributed by atoms with Gasteiger partial charge in [0.1, 0.15) is 11.6 Å². The maximum atomic E-state index is 12.5. The van der Waals surface area contributed by atoms with Gasteiger partial charge in [0.2, 0.25) is 5.91 Å². The first-order chi connectivity index (χ1) is 12.7. The Morgan fingerprint density at radius 2 is 2.23 bits per heavy atom. The maximum absolute atomic E-state index is 12.5. The Morgan fingerprint density at radius 3 is 2.96 bits per heavy atom. The molecule has 26 heavy (non-hydrogen) atoms. The van der Waals surface area contributed by atoms with Gasteiger partial charge in [-0.25, -0.2) is 4.98 Å². The van der Waals surface area contributed by atoms with Crippen LogP contribution in [0.1, 0.15) is 26.2 Å². The summed E-state index contributed by atoms with van der Waals surface area (Å²) in [6.45, 7) is 3.55. The van der Waals surface area contributed by atoms with Crippen molar-refractivity contribution in [2.75, 3.05) is 13.7 Å². The van der Waals surface area contributed by atoms with E-state index >= 15 is 0 Å². The van der Waals surface area contributed by atoms with Crippen molar-refractivity contribution in [2.24, 2.45) is 5.92 Å². The molecule has 1 amide bonds. The van der Waals surface area contributed by atoms with E-state index in [1.807, 2.05) is 23.1 Å². The first-order valence-electron chi connectivity index (χ1n) is 9.04. The molecule has 1 fully saturated rings. The minimum absolute atomic E-state index is 0.240. The molecular formula is C20H23N3O2S. The lowest BCUT2D eigenvalue weighted by molar-refractivity contribution is -0.129. The fourth-order valence-corrected chi connectivity index (χ4v) is 4.38. The third kappa shape index (κ3) is 3.09. The summed E-state index contributed by atoms with van der Waals surface area (Å²) in [6.07, 6.45) is 2.90. The highest BCUT2D eigenvalue weighted by Gasteiger charge is 2.30. The van der Waals surface area contributed by atoms with Crippen molar-refractivity contribution in [2.45, 2.75) is 32.9 Å². The number of likely N-dealkylation sites (tertiary alicyclic amines) is 1. The average molecular weight is 369 g/mol. The first kappa shape index (κ1) is 17.1. The molecule has 3 aromatic rings. The molecule has 6 heteroatoms. The van der Waals surface area contributed by atoms with Gasteiger partial charge >= 0.3 is 0 Å². The van der Waals surface area contributed by atoms with E-state index < -0.39 is 0 Å². The second kappa shape index (κ2) is 7.11. The van der Waals surface area contributed by atoms with Crippen molar-refractivity contribution in [1.29, 1.82) is 0 Å². The number of fused-ring (bicyclic) bond motifs is 1.